The molecule has 5 heteroatoms. The number of aromatic nitrogens is 1. The molecule has 31 heavy (non-hydrogen) atoms. The van der Waals surface area contributed by atoms with Gasteiger partial charge in [-0.3, -0.25) is 0 Å². The number of aliphatic hydroxyl groups excluding tert-OH is 2. The SMILES string of the molecule is CCN(CC)c1ccc(C=CC=Cc2cc[n+](C[C@H](O)C[N+](C)(C)CCO)cc2)cc1. The van der Waals surface area contributed by atoms with Gasteiger partial charge in [0.15, 0.2) is 25.0 Å². The monoisotopic (exact) mass is 425 g/mol. The Kier molecular flexibility index (Phi) is 9.92. The third-order valence-electron chi connectivity index (χ3n) is 5.46. The van der Waals surface area contributed by atoms with E-state index in [1.54, 1.807) is 0 Å². The second kappa shape index (κ2) is 12.4. The van der Waals surface area contributed by atoms with E-state index in [1.165, 1.54) is 11.3 Å². The van der Waals surface area contributed by atoms with Crippen LogP contribution in [0.3, 0.4) is 0 Å². The topological polar surface area (TPSA) is 47.6 Å². The van der Waals surface area contributed by atoms with Crippen LogP contribution in [-0.2, 0) is 6.54 Å². The van der Waals surface area contributed by atoms with Crippen molar-refractivity contribution in [1.29, 1.82) is 0 Å². The van der Waals surface area contributed by atoms with Crippen molar-refractivity contribution < 1.29 is 19.3 Å². The minimum Gasteiger partial charge on any atom is -0.391 e. The third-order valence-corrected chi connectivity index (χ3v) is 5.46. The van der Waals surface area contributed by atoms with Crippen LogP contribution in [0.15, 0.2) is 60.9 Å². The van der Waals surface area contributed by atoms with E-state index in [0.717, 1.165) is 18.7 Å². The zero-order chi connectivity index (χ0) is 22.7. The summed E-state index contributed by atoms with van der Waals surface area (Å²) in [5.74, 6) is 0. The van der Waals surface area contributed by atoms with Crippen molar-refractivity contribution in [2.75, 3.05) is 51.8 Å². The van der Waals surface area contributed by atoms with Crippen molar-refractivity contribution in [3.63, 3.8) is 0 Å². The average molecular weight is 426 g/mol. The molecule has 2 N–H and O–H groups in total. The van der Waals surface area contributed by atoms with Crippen LogP contribution in [0.25, 0.3) is 12.2 Å². The van der Waals surface area contributed by atoms with Gasteiger partial charge in [0, 0.05) is 30.9 Å². The largest absolute Gasteiger partial charge is 0.391 e. The Balaban J connectivity index is 1.87. The van der Waals surface area contributed by atoms with E-state index >= 15 is 0 Å². The molecule has 0 bridgehead atoms. The summed E-state index contributed by atoms with van der Waals surface area (Å²) >= 11 is 0. The average Bonchev–Trinajstić information content (AvgIpc) is 2.73. The van der Waals surface area contributed by atoms with E-state index in [0.29, 0.717) is 24.1 Å². The molecular formula is C26H39N3O2+2. The highest BCUT2D eigenvalue weighted by molar-refractivity contribution is 5.59. The molecule has 1 aromatic heterocycles. The van der Waals surface area contributed by atoms with Crippen LogP contribution in [0.4, 0.5) is 5.69 Å². The smallest absolute Gasteiger partial charge is 0.179 e. The summed E-state index contributed by atoms with van der Waals surface area (Å²) < 4.78 is 2.60. The van der Waals surface area contributed by atoms with Gasteiger partial charge in [-0.2, -0.15) is 0 Å². The fourth-order valence-corrected chi connectivity index (χ4v) is 3.65. The number of aliphatic hydroxyl groups is 2. The molecule has 0 spiro atoms. The molecule has 5 nitrogen and oxygen atoms in total. The minimum atomic E-state index is -0.455. The molecule has 0 fully saturated rings. The number of hydrogen-bond acceptors (Lipinski definition) is 3. The zero-order valence-electron chi connectivity index (χ0n) is 19.5. The van der Waals surface area contributed by atoms with Gasteiger partial charge in [0.25, 0.3) is 0 Å². The van der Waals surface area contributed by atoms with Crippen LogP contribution in [0.2, 0.25) is 0 Å². The number of quaternary nitrogens is 1. The first-order valence-electron chi connectivity index (χ1n) is 11.2. The van der Waals surface area contributed by atoms with Gasteiger partial charge >= 0.3 is 0 Å². The number of allylic oxidation sites excluding steroid dienone is 2. The van der Waals surface area contributed by atoms with Gasteiger partial charge in [-0.15, -0.1) is 0 Å². The Hall–Kier alpha value is -2.47. The summed E-state index contributed by atoms with van der Waals surface area (Å²) in [5.41, 5.74) is 3.56. The van der Waals surface area contributed by atoms with Gasteiger partial charge in [-0.05, 0) is 37.1 Å². The fraction of sp³-hybridized carbons (Fsp3) is 0.423. The quantitative estimate of drug-likeness (QED) is 0.312. The molecule has 0 aliphatic heterocycles. The zero-order valence-corrected chi connectivity index (χ0v) is 19.5. The molecule has 0 saturated carbocycles. The van der Waals surface area contributed by atoms with E-state index in [1.807, 2.05) is 49.3 Å². The molecular weight excluding hydrogens is 386 g/mol. The van der Waals surface area contributed by atoms with Crippen LogP contribution in [0.1, 0.15) is 25.0 Å². The lowest BCUT2D eigenvalue weighted by atomic mass is 10.1. The van der Waals surface area contributed by atoms with Crippen LogP contribution in [0.5, 0.6) is 0 Å². The molecule has 0 amide bonds. The van der Waals surface area contributed by atoms with Crippen LogP contribution >= 0.6 is 0 Å². The van der Waals surface area contributed by atoms with Crippen molar-refractivity contribution in [3.8, 4) is 0 Å². The summed E-state index contributed by atoms with van der Waals surface area (Å²) in [4.78, 5) is 2.34. The molecule has 168 valence electrons. The normalized spacial score (nSPS) is 13.2. The molecule has 2 rings (SSSR count). The van der Waals surface area contributed by atoms with Gasteiger partial charge in [-0.1, -0.05) is 36.4 Å². The summed E-state index contributed by atoms with van der Waals surface area (Å²) in [7, 11) is 4.04. The van der Waals surface area contributed by atoms with Crippen molar-refractivity contribution >= 4 is 17.8 Å². The Morgan fingerprint density at radius 1 is 0.935 bits per heavy atom. The van der Waals surface area contributed by atoms with E-state index in [-0.39, 0.29) is 6.61 Å². The fourth-order valence-electron chi connectivity index (χ4n) is 3.65. The molecule has 1 atom stereocenters. The van der Waals surface area contributed by atoms with Gasteiger partial charge in [-0.25, -0.2) is 4.57 Å². The lowest BCUT2D eigenvalue weighted by molar-refractivity contribution is -0.896. The predicted octanol–water partition coefficient (Wildman–Crippen LogP) is 2.98. The number of hydrogen-bond donors (Lipinski definition) is 2. The highest BCUT2D eigenvalue weighted by atomic mass is 16.3. The second-order valence-corrected chi connectivity index (χ2v) is 8.53. The molecule has 1 aromatic carbocycles. The lowest BCUT2D eigenvalue weighted by Gasteiger charge is -2.30. The molecule has 0 unspecified atom stereocenters. The summed E-state index contributed by atoms with van der Waals surface area (Å²) in [6.07, 6.45) is 11.8. The van der Waals surface area contributed by atoms with Crippen molar-refractivity contribution in [2.24, 2.45) is 0 Å². The first kappa shape index (κ1) is 24.8. The highest BCUT2D eigenvalue weighted by Gasteiger charge is 2.22. The molecule has 1 heterocycles. The summed E-state index contributed by atoms with van der Waals surface area (Å²) in [6, 6.07) is 12.7. The highest BCUT2D eigenvalue weighted by Crippen LogP contribution is 2.15. The summed E-state index contributed by atoms with van der Waals surface area (Å²) in [5, 5.41) is 19.5. The number of likely N-dealkylation sites (N-methyl/N-ethyl adjacent to an activating group) is 1. The van der Waals surface area contributed by atoms with Crippen LogP contribution in [-0.4, -0.2) is 67.7 Å². The molecule has 2 aromatic rings. The minimum absolute atomic E-state index is 0.129. The van der Waals surface area contributed by atoms with Crippen molar-refractivity contribution in [2.45, 2.75) is 26.5 Å². The Morgan fingerprint density at radius 3 is 2.00 bits per heavy atom. The number of anilines is 1. The van der Waals surface area contributed by atoms with E-state index < -0.39 is 6.10 Å². The second-order valence-electron chi connectivity index (χ2n) is 8.53. The Morgan fingerprint density at radius 2 is 1.48 bits per heavy atom. The van der Waals surface area contributed by atoms with Gasteiger partial charge in [0.2, 0.25) is 0 Å². The van der Waals surface area contributed by atoms with Crippen LogP contribution < -0.4 is 9.47 Å². The van der Waals surface area contributed by atoms with Gasteiger partial charge in [0.1, 0.15) is 13.1 Å². The number of nitrogens with zero attached hydrogens (tertiary/aromatic N) is 3. The first-order chi connectivity index (χ1) is 14.9. The third kappa shape index (κ3) is 8.66. The first-order valence-corrected chi connectivity index (χ1v) is 11.2. The molecule has 0 radical (unpaired) electrons. The standard InChI is InChI=1S/C26H39N3O2/c1-5-28(6-2)25-13-11-23(12-14-25)9-7-8-10-24-15-17-27(18-16-24)21-26(31)22-29(3,4)19-20-30/h7-18,26,30-31H,5-6,19-22H2,1-4H3/q+2/t26-/m0/s1. The maximum atomic E-state index is 10.3. The molecule has 0 aliphatic rings. The summed E-state index contributed by atoms with van der Waals surface area (Å²) in [6.45, 7) is 8.30. The Labute approximate surface area is 187 Å². The van der Waals surface area contributed by atoms with Crippen LogP contribution in [0, 0.1) is 0 Å². The van der Waals surface area contributed by atoms with E-state index in [9.17, 15) is 5.11 Å². The van der Waals surface area contributed by atoms with Gasteiger partial charge < -0.3 is 19.6 Å². The van der Waals surface area contributed by atoms with Gasteiger partial charge in [0.05, 0.1) is 20.7 Å². The Bertz CT molecular complexity index is 823. The van der Waals surface area contributed by atoms with E-state index in [4.69, 9.17) is 5.11 Å². The number of benzene rings is 1. The number of pyridine rings is 1. The molecule has 0 saturated heterocycles. The number of rotatable bonds is 12. The molecule has 0 aliphatic carbocycles. The maximum Gasteiger partial charge on any atom is 0.179 e. The van der Waals surface area contributed by atoms with E-state index in [2.05, 4.69) is 61.2 Å². The maximum absolute atomic E-state index is 10.3. The van der Waals surface area contributed by atoms with Crippen molar-refractivity contribution in [1.82, 2.24) is 0 Å². The lowest BCUT2D eigenvalue weighted by Crippen LogP contribution is -2.51. The predicted molar refractivity (Wildman–Crippen MR) is 130 cm³/mol. The van der Waals surface area contributed by atoms with Crippen molar-refractivity contribution in [3.05, 3.63) is 72.1 Å².